The van der Waals surface area contributed by atoms with Crippen molar-refractivity contribution in [3.05, 3.63) is 69.3 Å². The summed E-state index contributed by atoms with van der Waals surface area (Å²) in [4.78, 5) is 11.4. The summed E-state index contributed by atoms with van der Waals surface area (Å²) in [6, 6.07) is 9.91. The molecule has 23 heavy (non-hydrogen) atoms. The largest absolute Gasteiger partial charge is 0.298 e. The van der Waals surface area contributed by atoms with Crippen LogP contribution >= 0.6 is 27.5 Å². The van der Waals surface area contributed by atoms with Crippen LogP contribution in [0.5, 0.6) is 0 Å². The zero-order valence-corrected chi connectivity index (χ0v) is 13.8. The smallest absolute Gasteiger partial charge is 0.155 e. The second-order valence-corrected chi connectivity index (χ2v) is 5.88. The first-order valence-electron chi connectivity index (χ1n) is 6.46. The third-order valence-electron chi connectivity index (χ3n) is 3.22. The maximum Gasteiger partial charge on any atom is 0.155 e. The van der Waals surface area contributed by atoms with Gasteiger partial charge < -0.3 is 0 Å². The van der Waals surface area contributed by atoms with Gasteiger partial charge in [0, 0.05) is 16.7 Å². The quantitative estimate of drug-likeness (QED) is 0.580. The fourth-order valence-electron chi connectivity index (χ4n) is 2.18. The molecule has 2 aromatic carbocycles. The van der Waals surface area contributed by atoms with E-state index < -0.39 is 11.6 Å². The van der Waals surface area contributed by atoms with Crippen molar-refractivity contribution < 1.29 is 13.6 Å². The Morgan fingerprint density at radius 1 is 1.17 bits per heavy atom. The van der Waals surface area contributed by atoms with Crippen LogP contribution in [0.2, 0.25) is 5.02 Å². The number of hydrogen-bond donors (Lipinski definition) is 0. The minimum absolute atomic E-state index is 0.0228. The topological polar surface area (TPSA) is 34.9 Å². The Morgan fingerprint density at radius 2 is 1.96 bits per heavy atom. The van der Waals surface area contributed by atoms with Gasteiger partial charge >= 0.3 is 0 Å². The minimum atomic E-state index is -0.789. The Hall–Kier alpha value is -2.05. The molecule has 0 aliphatic carbocycles. The molecule has 0 atom stereocenters. The number of aromatic nitrogens is 2. The van der Waals surface area contributed by atoms with E-state index in [1.807, 2.05) is 0 Å². The van der Waals surface area contributed by atoms with Crippen molar-refractivity contribution in [3.8, 4) is 16.9 Å². The van der Waals surface area contributed by atoms with Gasteiger partial charge in [0.2, 0.25) is 0 Å². The zero-order chi connectivity index (χ0) is 16.6. The van der Waals surface area contributed by atoms with Crippen LogP contribution in [0, 0.1) is 11.6 Å². The monoisotopic (exact) mass is 396 g/mol. The molecule has 7 heteroatoms. The maximum absolute atomic E-state index is 14.0. The van der Waals surface area contributed by atoms with Gasteiger partial charge in [-0.2, -0.15) is 5.10 Å². The lowest BCUT2D eigenvalue weighted by molar-refractivity contribution is 0.112. The summed E-state index contributed by atoms with van der Waals surface area (Å²) in [5.41, 5.74) is 1.23. The molecule has 116 valence electrons. The molecule has 0 aliphatic rings. The molecule has 0 fully saturated rings. The summed E-state index contributed by atoms with van der Waals surface area (Å²) in [5.74, 6) is -1.48. The predicted octanol–water partition coefficient (Wildman–Crippen LogP) is 5.05. The molecule has 3 rings (SSSR count). The molecule has 3 aromatic rings. The van der Waals surface area contributed by atoms with Gasteiger partial charge in [0.15, 0.2) is 12.1 Å². The molecule has 0 aliphatic heterocycles. The maximum atomic E-state index is 14.0. The van der Waals surface area contributed by atoms with Crippen molar-refractivity contribution in [3.63, 3.8) is 0 Å². The summed E-state index contributed by atoms with van der Waals surface area (Å²) in [5, 5.41) is 4.75. The highest BCUT2D eigenvalue weighted by atomic mass is 79.9. The van der Waals surface area contributed by atoms with E-state index in [2.05, 4.69) is 21.0 Å². The Kier molecular flexibility index (Phi) is 4.28. The normalized spacial score (nSPS) is 10.8. The van der Waals surface area contributed by atoms with E-state index in [1.165, 1.54) is 10.7 Å². The first-order valence-corrected chi connectivity index (χ1v) is 7.63. The van der Waals surface area contributed by atoms with Gasteiger partial charge in [-0.25, -0.2) is 13.5 Å². The van der Waals surface area contributed by atoms with Crippen molar-refractivity contribution in [2.24, 2.45) is 0 Å². The Bertz CT molecular complexity index is 911. The van der Waals surface area contributed by atoms with Crippen LogP contribution in [-0.4, -0.2) is 16.1 Å². The average molecular weight is 398 g/mol. The molecule has 0 unspecified atom stereocenters. The van der Waals surface area contributed by atoms with E-state index in [0.717, 1.165) is 12.1 Å². The van der Waals surface area contributed by atoms with Gasteiger partial charge in [-0.05, 0) is 40.2 Å². The van der Waals surface area contributed by atoms with E-state index in [4.69, 9.17) is 11.6 Å². The molecule has 3 nitrogen and oxygen atoms in total. The molecule has 0 amide bonds. The van der Waals surface area contributed by atoms with Crippen molar-refractivity contribution in [1.82, 2.24) is 9.78 Å². The lowest BCUT2D eigenvalue weighted by Crippen LogP contribution is -2.01. The fraction of sp³-hybridized carbons (Fsp3) is 0. The summed E-state index contributed by atoms with van der Waals surface area (Å²) in [6.07, 6.45) is 0.616. The van der Waals surface area contributed by atoms with Gasteiger partial charge in [-0.15, -0.1) is 0 Å². The summed E-state index contributed by atoms with van der Waals surface area (Å²) in [7, 11) is 0. The fourth-order valence-corrected chi connectivity index (χ4v) is 2.92. The van der Waals surface area contributed by atoms with Crippen molar-refractivity contribution in [2.75, 3.05) is 0 Å². The van der Waals surface area contributed by atoms with E-state index in [9.17, 15) is 13.6 Å². The molecule has 0 spiro atoms. The lowest BCUT2D eigenvalue weighted by Gasteiger charge is -2.04. The number of nitrogens with zero attached hydrogens (tertiary/aromatic N) is 2. The highest BCUT2D eigenvalue weighted by Crippen LogP contribution is 2.31. The van der Waals surface area contributed by atoms with Gasteiger partial charge in [0.05, 0.1) is 5.56 Å². The Morgan fingerprint density at radius 3 is 2.61 bits per heavy atom. The van der Waals surface area contributed by atoms with Crippen LogP contribution in [0.4, 0.5) is 8.78 Å². The lowest BCUT2D eigenvalue weighted by atomic mass is 10.1. The van der Waals surface area contributed by atoms with Crippen LogP contribution in [-0.2, 0) is 0 Å². The standard InChI is InChI=1S/C16H8BrClF2N2O/c17-16-12(8-23)15(9-2-1-3-10(18)6-9)21-22(16)14-5-4-11(19)7-13(14)20/h1-8H. The first-order chi connectivity index (χ1) is 11.0. The Balaban J connectivity index is 2.23. The molecule has 1 aromatic heterocycles. The van der Waals surface area contributed by atoms with Gasteiger partial charge in [0.25, 0.3) is 0 Å². The summed E-state index contributed by atoms with van der Waals surface area (Å²) in [6.45, 7) is 0. The number of halogens is 4. The SMILES string of the molecule is O=Cc1c(-c2cccc(Cl)c2)nn(-c2ccc(F)cc2F)c1Br. The molecule has 0 N–H and O–H groups in total. The van der Waals surface area contributed by atoms with Crippen molar-refractivity contribution in [2.45, 2.75) is 0 Å². The third kappa shape index (κ3) is 2.92. The van der Waals surface area contributed by atoms with Crippen LogP contribution in [0.1, 0.15) is 10.4 Å². The Labute approximate surface area is 143 Å². The van der Waals surface area contributed by atoms with Crippen LogP contribution in [0.15, 0.2) is 47.1 Å². The first kappa shape index (κ1) is 15.8. The number of rotatable bonds is 3. The minimum Gasteiger partial charge on any atom is -0.298 e. The molecule has 1 heterocycles. The highest BCUT2D eigenvalue weighted by molar-refractivity contribution is 9.10. The van der Waals surface area contributed by atoms with Crippen molar-refractivity contribution in [1.29, 1.82) is 0 Å². The van der Waals surface area contributed by atoms with E-state index in [1.54, 1.807) is 24.3 Å². The van der Waals surface area contributed by atoms with Gasteiger partial charge in [-0.1, -0.05) is 23.7 Å². The van der Waals surface area contributed by atoms with Crippen LogP contribution in [0.25, 0.3) is 16.9 Å². The van der Waals surface area contributed by atoms with Crippen molar-refractivity contribution >= 4 is 33.8 Å². The molecule has 0 radical (unpaired) electrons. The number of hydrogen-bond acceptors (Lipinski definition) is 2. The van der Waals surface area contributed by atoms with E-state index >= 15 is 0 Å². The second kappa shape index (κ2) is 6.22. The highest BCUT2D eigenvalue weighted by Gasteiger charge is 2.20. The molecule has 0 bridgehead atoms. The summed E-state index contributed by atoms with van der Waals surface area (Å²) >= 11 is 9.20. The van der Waals surface area contributed by atoms with E-state index in [-0.39, 0.29) is 15.9 Å². The second-order valence-electron chi connectivity index (χ2n) is 4.69. The molecular formula is C16H8BrClF2N2O. The molecule has 0 saturated carbocycles. The molecule has 0 saturated heterocycles. The van der Waals surface area contributed by atoms with Gasteiger partial charge in [0.1, 0.15) is 21.8 Å². The van der Waals surface area contributed by atoms with Gasteiger partial charge in [-0.3, -0.25) is 4.79 Å². The third-order valence-corrected chi connectivity index (χ3v) is 4.22. The zero-order valence-electron chi connectivity index (χ0n) is 11.4. The molecular weight excluding hydrogens is 390 g/mol. The predicted molar refractivity (Wildman–Crippen MR) is 87.0 cm³/mol. The summed E-state index contributed by atoms with van der Waals surface area (Å²) < 4.78 is 28.5. The van der Waals surface area contributed by atoms with Crippen LogP contribution in [0.3, 0.4) is 0 Å². The average Bonchev–Trinajstić information content (AvgIpc) is 2.84. The number of benzene rings is 2. The van der Waals surface area contributed by atoms with Crippen LogP contribution < -0.4 is 0 Å². The number of carbonyl (C=O) groups is 1. The van der Waals surface area contributed by atoms with E-state index in [0.29, 0.717) is 22.6 Å². The number of aldehydes is 1. The number of carbonyl (C=O) groups excluding carboxylic acids is 1.